The highest BCUT2D eigenvalue weighted by Crippen LogP contribution is 2.31. The van der Waals surface area contributed by atoms with Crippen molar-refractivity contribution in [3.63, 3.8) is 0 Å². The molecule has 0 aliphatic rings. The molecule has 222 valence electrons. The van der Waals surface area contributed by atoms with E-state index in [1.165, 1.54) is 0 Å². The molecule has 3 heterocycles. The maximum absolute atomic E-state index is 12.7. The van der Waals surface area contributed by atoms with Crippen molar-refractivity contribution in [1.82, 2.24) is 24.6 Å². The summed E-state index contributed by atoms with van der Waals surface area (Å²) < 4.78 is 12.3. The molecule has 0 aliphatic carbocycles. The maximum atomic E-state index is 12.7. The predicted molar refractivity (Wildman–Crippen MR) is 169 cm³/mol. The zero-order valence-electron chi connectivity index (χ0n) is 24.8. The van der Waals surface area contributed by atoms with Crippen LogP contribution in [0, 0.1) is 11.3 Å². The topological polar surface area (TPSA) is 119 Å². The van der Waals surface area contributed by atoms with Gasteiger partial charge in [0.25, 0.3) is 0 Å². The molecule has 0 bridgehead atoms. The highest BCUT2D eigenvalue weighted by molar-refractivity contribution is 5.87. The number of nitrogens with zero attached hydrogens (tertiary/aromatic N) is 7. The fourth-order valence-electron chi connectivity index (χ4n) is 5.10. The number of nitriles is 1. The van der Waals surface area contributed by atoms with Gasteiger partial charge in [0.1, 0.15) is 22.9 Å². The Morgan fingerprint density at radius 3 is 2.13 bits per heavy atom. The van der Waals surface area contributed by atoms with Crippen molar-refractivity contribution in [2.45, 2.75) is 19.5 Å². The molecular formula is C35H29N7O3. The number of carbonyl (C=O) groups is 1. The summed E-state index contributed by atoms with van der Waals surface area (Å²) >= 11 is 0. The number of anilines is 1. The van der Waals surface area contributed by atoms with Gasteiger partial charge >= 0.3 is 0 Å². The summed E-state index contributed by atoms with van der Waals surface area (Å²) in [4.78, 5) is 29.2. The lowest BCUT2D eigenvalue weighted by atomic mass is 10.1. The van der Waals surface area contributed by atoms with Crippen LogP contribution in [0.25, 0.3) is 16.9 Å². The molecule has 10 heteroatoms. The van der Waals surface area contributed by atoms with Gasteiger partial charge in [0.2, 0.25) is 0 Å². The Labute approximate surface area is 260 Å². The minimum Gasteiger partial charge on any atom is -0.497 e. The lowest BCUT2D eigenvalue weighted by Crippen LogP contribution is -2.25. The number of fused-ring (bicyclic) bond motifs is 1. The monoisotopic (exact) mass is 595 g/mol. The van der Waals surface area contributed by atoms with Crippen molar-refractivity contribution in [3.8, 4) is 28.8 Å². The van der Waals surface area contributed by atoms with E-state index in [0.717, 1.165) is 34.6 Å². The molecule has 0 atom stereocenters. The highest BCUT2D eigenvalue weighted by atomic mass is 16.5. The molecule has 0 spiro atoms. The molecule has 0 radical (unpaired) electrons. The van der Waals surface area contributed by atoms with Crippen molar-refractivity contribution in [2.75, 3.05) is 19.1 Å². The van der Waals surface area contributed by atoms with Gasteiger partial charge in [-0.05, 0) is 59.7 Å². The van der Waals surface area contributed by atoms with Crippen LogP contribution in [0.4, 0.5) is 5.82 Å². The Balaban J connectivity index is 1.55. The Kier molecular flexibility index (Phi) is 8.42. The van der Waals surface area contributed by atoms with Gasteiger partial charge in [-0.15, -0.1) is 0 Å². The average molecular weight is 596 g/mol. The van der Waals surface area contributed by atoms with Gasteiger partial charge in [0, 0.05) is 30.5 Å². The first-order valence-corrected chi connectivity index (χ1v) is 14.2. The standard InChI is InChI=1S/C35H29N7O3/c1-44-29-13-9-24(10-14-29)21-41(22-25-11-15-30(45-2)16-12-25)34-35-38-32(19-28-8-3-4-17-37-28)40-42(35)31(23-43)33(39-34)27-7-5-6-26(18-27)20-36/h3-18,23H,19,21-22H2,1-2H3. The van der Waals surface area contributed by atoms with Crippen LogP contribution >= 0.6 is 0 Å². The van der Waals surface area contributed by atoms with E-state index in [4.69, 9.17) is 24.5 Å². The molecule has 0 aliphatic heterocycles. The van der Waals surface area contributed by atoms with Gasteiger partial charge in [-0.3, -0.25) is 9.78 Å². The molecule has 6 aromatic rings. The quantitative estimate of drug-likeness (QED) is 0.174. The predicted octanol–water partition coefficient (Wildman–Crippen LogP) is 5.69. The van der Waals surface area contributed by atoms with E-state index in [1.807, 2.05) is 72.8 Å². The fourth-order valence-corrected chi connectivity index (χ4v) is 5.10. The maximum Gasteiger partial charge on any atom is 0.199 e. The summed E-state index contributed by atoms with van der Waals surface area (Å²) in [6.07, 6.45) is 2.83. The zero-order chi connectivity index (χ0) is 31.2. The number of hydrogen-bond acceptors (Lipinski definition) is 9. The SMILES string of the molecule is COc1ccc(CN(Cc2ccc(OC)cc2)c2nc(-c3cccc(C#N)c3)c(C=O)n3nc(Cc4ccccn4)nc23)cc1. The number of benzene rings is 3. The molecule has 3 aromatic carbocycles. The molecule has 0 amide bonds. The second-order valence-electron chi connectivity index (χ2n) is 10.3. The van der Waals surface area contributed by atoms with Crippen molar-refractivity contribution in [1.29, 1.82) is 5.26 Å². The second kappa shape index (κ2) is 13.1. The number of methoxy groups -OCH3 is 2. The molecule has 3 aromatic heterocycles. The normalized spacial score (nSPS) is 10.8. The molecule has 6 rings (SSSR count). The molecule has 0 saturated carbocycles. The lowest BCUT2D eigenvalue weighted by molar-refractivity contribution is 0.111. The Morgan fingerprint density at radius 1 is 0.867 bits per heavy atom. The third-order valence-corrected chi connectivity index (χ3v) is 7.35. The van der Waals surface area contributed by atoms with Crippen LogP contribution in [-0.4, -0.2) is 45.1 Å². The minimum atomic E-state index is 0.234. The van der Waals surface area contributed by atoms with Gasteiger partial charge < -0.3 is 14.4 Å². The number of aldehydes is 1. The van der Waals surface area contributed by atoms with E-state index in [0.29, 0.717) is 53.6 Å². The first-order chi connectivity index (χ1) is 22.1. The van der Waals surface area contributed by atoms with Gasteiger partial charge in [-0.2, -0.15) is 10.4 Å². The van der Waals surface area contributed by atoms with Crippen LogP contribution < -0.4 is 14.4 Å². The fraction of sp³-hybridized carbons (Fsp3) is 0.143. The van der Waals surface area contributed by atoms with Gasteiger partial charge in [-0.25, -0.2) is 14.5 Å². The van der Waals surface area contributed by atoms with Crippen LogP contribution in [0.15, 0.2) is 97.2 Å². The van der Waals surface area contributed by atoms with E-state index in [2.05, 4.69) is 16.0 Å². The van der Waals surface area contributed by atoms with Crippen LogP contribution in [0.2, 0.25) is 0 Å². The van der Waals surface area contributed by atoms with Crippen LogP contribution in [0.3, 0.4) is 0 Å². The van der Waals surface area contributed by atoms with Crippen LogP contribution in [0.1, 0.15) is 38.7 Å². The number of pyridine rings is 1. The van der Waals surface area contributed by atoms with Crippen molar-refractivity contribution in [3.05, 3.63) is 131 Å². The summed E-state index contributed by atoms with van der Waals surface area (Å²) in [5.41, 5.74) is 4.97. The molecule has 0 fully saturated rings. The Bertz CT molecular complexity index is 1930. The van der Waals surface area contributed by atoms with Crippen molar-refractivity contribution in [2.24, 2.45) is 0 Å². The average Bonchev–Trinajstić information content (AvgIpc) is 3.51. The van der Waals surface area contributed by atoms with Gasteiger partial charge in [-0.1, -0.05) is 42.5 Å². The second-order valence-corrected chi connectivity index (χ2v) is 10.3. The minimum absolute atomic E-state index is 0.234. The number of rotatable bonds is 11. The van der Waals surface area contributed by atoms with Gasteiger partial charge in [0.05, 0.1) is 32.3 Å². The lowest BCUT2D eigenvalue weighted by Gasteiger charge is -2.25. The van der Waals surface area contributed by atoms with E-state index >= 15 is 0 Å². The third kappa shape index (κ3) is 6.33. The summed E-state index contributed by atoms with van der Waals surface area (Å²) in [5, 5.41) is 14.4. The molecular weight excluding hydrogens is 566 g/mol. The van der Waals surface area contributed by atoms with Crippen molar-refractivity contribution < 1.29 is 14.3 Å². The molecule has 0 N–H and O–H groups in total. The van der Waals surface area contributed by atoms with Crippen LogP contribution in [-0.2, 0) is 19.5 Å². The van der Waals surface area contributed by atoms with E-state index < -0.39 is 0 Å². The van der Waals surface area contributed by atoms with E-state index in [9.17, 15) is 10.1 Å². The first kappa shape index (κ1) is 29.0. The number of ether oxygens (including phenoxy) is 2. The molecule has 0 unspecified atom stereocenters. The summed E-state index contributed by atoms with van der Waals surface area (Å²) in [6, 6.07) is 30.6. The van der Waals surface area contributed by atoms with E-state index in [-0.39, 0.29) is 5.69 Å². The van der Waals surface area contributed by atoms with Crippen LogP contribution in [0.5, 0.6) is 11.5 Å². The number of hydrogen-bond donors (Lipinski definition) is 0. The van der Waals surface area contributed by atoms with E-state index in [1.54, 1.807) is 43.1 Å². The van der Waals surface area contributed by atoms with Gasteiger partial charge in [0.15, 0.2) is 23.6 Å². The third-order valence-electron chi connectivity index (χ3n) is 7.35. The first-order valence-electron chi connectivity index (χ1n) is 14.2. The molecule has 10 nitrogen and oxygen atoms in total. The summed E-state index contributed by atoms with van der Waals surface area (Å²) in [5.74, 6) is 2.54. The highest BCUT2D eigenvalue weighted by Gasteiger charge is 2.24. The molecule has 0 saturated heterocycles. The van der Waals surface area contributed by atoms with Crippen molar-refractivity contribution >= 4 is 17.8 Å². The number of aromatic nitrogens is 5. The largest absolute Gasteiger partial charge is 0.497 e. The Hall–Kier alpha value is -6.08. The number of carbonyl (C=O) groups excluding carboxylic acids is 1. The smallest absolute Gasteiger partial charge is 0.199 e. The Morgan fingerprint density at radius 2 is 1.56 bits per heavy atom. The zero-order valence-corrected chi connectivity index (χ0v) is 24.8. The summed E-state index contributed by atoms with van der Waals surface area (Å²) in [7, 11) is 3.27. The summed E-state index contributed by atoms with van der Waals surface area (Å²) in [6.45, 7) is 0.943. The molecule has 45 heavy (non-hydrogen) atoms.